The van der Waals surface area contributed by atoms with Crippen molar-refractivity contribution in [2.45, 2.75) is 6.54 Å². The SMILES string of the molecule is COc1ccc2oc(CN(C)CCO)cc2c1. The van der Waals surface area contributed by atoms with Crippen molar-refractivity contribution in [1.82, 2.24) is 4.90 Å². The Morgan fingerprint density at radius 1 is 1.35 bits per heavy atom. The number of rotatable bonds is 5. The summed E-state index contributed by atoms with van der Waals surface area (Å²) in [4.78, 5) is 2.01. The average molecular weight is 235 g/mol. The highest BCUT2D eigenvalue weighted by molar-refractivity contribution is 5.79. The van der Waals surface area contributed by atoms with Gasteiger partial charge in [-0.2, -0.15) is 0 Å². The van der Waals surface area contributed by atoms with E-state index < -0.39 is 0 Å². The second kappa shape index (κ2) is 5.21. The number of ether oxygens (including phenoxy) is 1. The largest absolute Gasteiger partial charge is 0.497 e. The number of nitrogens with zero attached hydrogens (tertiary/aromatic N) is 1. The highest BCUT2D eigenvalue weighted by atomic mass is 16.5. The van der Waals surface area contributed by atoms with Crippen LogP contribution in [0.4, 0.5) is 0 Å². The van der Waals surface area contributed by atoms with E-state index in [0.717, 1.165) is 22.5 Å². The minimum Gasteiger partial charge on any atom is -0.497 e. The van der Waals surface area contributed by atoms with Crippen LogP contribution in [0.3, 0.4) is 0 Å². The van der Waals surface area contributed by atoms with Crippen molar-refractivity contribution in [3.05, 3.63) is 30.0 Å². The van der Waals surface area contributed by atoms with Gasteiger partial charge in [0.05, 0.1) is 20.3 Å². The van der Waals surface area contributed by atoms with Gasteiger partial charge < -0.3 is 14.3 Å². The predicted molar refractivity (Wildman–Crippen MR) is 66.2 cm³/mol. The van der Waals surface area contributed by atoms with Gasteiger partial charge in [0.15, 0.2) is 0 Å². The standard InChI is InChI=1S/C13H17NO3/c1-14(5-6-15)9-12-8-10-7-11(16-2)3-4-13(10)17-12/h3-4,7-8,15H,5-6,9H2,1-2H3. The fraction of sp³-hybridized carbons (Fsp3) is 0.385. The number of hydrogen-bond acceptors (Lipinski definition) is 4. The number of aliphatic hydroxyl groups excluding tert-OH is 1. The third-order valence-corrected chi connectivity index (χ3v) is 2.68. The van der Waals surface area contributed by atoms with Crippen LogP contribution in [0.1, 0.15) is 5.76 Å². The van der Waals surface area contributed by atoms with E-state index in [1.807, 2.05) is 36.2 Å². The van der Waals surface area contributed by atoms with Gasteiger partial charge in [-0.25, -0.2) is 0 Å². The Hall–Kier alpha value is -1.52. The van der Waals surface area contributed by atoms with Crippen LogP contribution >= 0.6 is 0 Å². The summed E-state index contributed by atoms with van der Waals surface area (Å²) in [6, 6.07) is 7.75. The van der Waals surface area contributed by atoms with Crippen molar-refractivity contribution in [1.29, 1.82) is 0 Å². The second-order valence-electron chi connectivity index (χ2n) is 4.08. The summed E-state index contributed by atoms with van der Waals surface area (Å²) in [5.74, 6) is 1.72. The number of likely N-dealkylation sites (N-methyl/N-ethyl adjacent to an activating group) is 1. The molecule has 0 amide bonds. The van der Waals surface area contributed by atoms with E-state index in [4.69, 9.17) is 14.3 Å². The zero-order valence-corrected chi connectivity index (χ0v) is 10.1. The maximum atomic E-state index is 8.83. The van der Waals surface area contributed by atoms with Crippen molar-refractivity contribution < 1.29 is 14.3 Å². The summed E-state index contributed by atoms with van der Waals surface area (Å²) in [6.45, 7) is 1.49. The van der Waals surface area contributed by atoms with E-state index in [1.165, 1.54) is 0 Å². The normalized spacial score (nSPS) is 11.3. The van der Waals surface area contributed by atoms with Gasteiger partial charge in [0.25, 0.3) is 0 Å². The van der Waals surface area contributed by atoms with Crippen LogP contribution < -0.4 is 4.74 Å². The Balaban J connectivity index is 2.19. The lowest BCUT2D eigenvalue weighted by Crippen LogP contribution is -2.21. The smallest absolute Gasteiger partial charge is 0.134 e. The van der Waals surface area contributed by atoms with Crippen molar-refractivity contribution >= 4 is 11.0 Å². The van der Waals surface area contributed by atoms with Crippen molar-refractivity contribution in [2.24, 2.45) is 0 Å². The zero-order valence-electron chi connectivity index (χ0n) is 10.1. The van der Waals surface area contributed by atoms with Gasteiger partial charge in [0.2, 0.25) is 0 Å². The Bertz CT molecular complexity index is 492. The number of fused-ring (bicyclic) bond motifs is 1. The number of methoxy groups -OCH3 is 1. The van der Waals surface area contributed by atoms with Gasteiger partial charge in [-0.1, -0.05) is 0 Å². The third-order valence-electron chi connectivity index (χ3n) is 2.68. The van der Waals surface area contributed by atoms with Crippen LogP contribution in [0, 0.1) is 0 Å². The van der Waals surface area contributed by atoms with E-state index in [9.17, 15) is 0 Å². The highest BCUT2D eigenvalue weighted by Crippen LogP contribution is 2.24. The number of hydrogen-bond donors (Lipinski definition) is 1. The quantitative estimate of drug-likeness (QED) is 0.859. The lowest BCUT2D eigenvalue weighted by Gasteiger charge is -2.12. The molecular formula is C13H17NO3. The van der Waals surface area contributed by atoms with Crippen molar-refractivity contribution in [3.8, 4) is 5.75 Å². The van der Waals surface area contributed by atoms with Gasteiger partial charge in [-0.15, -0.1) is 0 Å². The lowest BCUT2D eigenvalue weighted by molar-refractivity contribution is 0.209. The van der Waals surface area contributed by atoms with E-state index in [-0.39, 0.29) is 6.61 Å². The van der Waals surface area contributed by atoms with Crippen LogP contribution in [0.5, 0.6) is 5.75 Å². The molecule has 1 N–H and O–H groups in total. The highest BCUT2D eigenvalue weighted by Gasteiger charge is 2.07. The molecule has 4 nitrogen and oxygen atoms in total. The summed E-state index contributed by atoms with van der Waals surface area (Å²) in [5, 5.41) is 9.87. The molecule has 0 bridgehead atoms. The summed E-state index contributed by atoms with van der Waals surface area (Å²) in [6.07, 6.45) is 0. The molecule has 1 aromatic carbocycles. The Labute approximate surface area is 100 Å². The molecule has 0 radical (unpaired) electrons. The summed E-state index contributed by atoms with van der Waals surface area (Å²) in [5.41, 5.74) is 0.859. The Morgan fingerprint density at radius 2 is 2.18 bits per heavy atom. The summed E-state index contributed by atoms with van der Waals surface area (Å²) in [7, 11) is 3.60. The Morgan fingerprint density at radius 3 is 2.88 bits per heavy atom. The predicted octanol–water partition coefficient (Wildman–Crippen LogP) is 1.87. The zero-order chi connectivity index (χ0) is 12.3. The van der Waals surface area contributed by atoms with Gasteiger partial charge in [0, 0.05) is 11.9 Å². The molecule has 92 valence electrons. The number of furan rings is 1. The first kappa shape index (κ1) is 12.0. The number of benzene rings is 1. The molecule has 1 aromatic heterocycles. The molecule has 1 heterocycles. The molecule has 0 saturated heterocycles. The van der Waals surface area contributed by atoms with Crippen LogP contribution in [0.15, 0.2) is 28.7 Å². The van der Waals surface area contributed by atoms with Crippen LogP contribution in [0.2, 0.25) is 0 Å². The molecule has 2 aromatic rings. The molecular weight excluding hydrogens is 218 g/mol. The first-order chi connectivity index (χ1) is 8.22. The molecule has 4 heteroatoms. The molecule has 2 rings (SSSR count). The second-order valence-corrected chi connectivity index (χ2v) is 4.08. The van der Waals surface area contributed by atoms with E-state index >= 15 is 0 Å². The molecule has 0 atom stereocenters. The first-order valence-electron chi connectivity index (χ1n) is 5.59. The molecule has 0 aliphatic carbocycles. The van der Waals surface area contributed by atoms with E-state index in [1.54, 1.807) is 7.11 Å². The molecule has 0 aliphatic heterocycles. The summed E-state index contributed by atoms with van der Waals surface area (Å²) < 4.78 is 10.9. The van der Waals surface area contributed by atoms with Gasteiger partial charge in [-0.3, -0.25) is 4.90 Å². The molecule has 0 unspecified atom stereocenters. The first-order valence-corrected chi connectivity index (χ1v) is 5.59. The van der Waals surface area contributed by atoms with E-state index in [0.29, 0.717) is 13.1 Å². The fourth-order valence-electron chi connectivity index (χ4n) is 1.80. The minimum absolute atomic E-state index is 0.157. The van der Waals surface area contributed by atoms with Gasteiger partial charge >= 0.3 is 0 Å². The summed E-state index contributed by atoms with van der Waals surface area (Å²) >= 11 is 0. The van der Waals surface area contributed by atoms with Gasteiger partial charge in [-0.05, 0) is 31.3 Å². The third kappa shape index (κ3) is 2.78. The molecule has 0 aliphatic rings. The van der Waals surface area contributed by atoms with Crippen LogP contribution in [-0.4, -0.2) is 37.3 Å². The van der Waals surface area contributed by atoms with Crippen molar-refractivity contribution in [3.63, 3.8) is 0 Å². The maximum absolute atomic E-state index is 8.83. The molecule has 0 spiro atoms. The lowest BCUT2D eigenvalue weighted by atomic mass is 10.2. The maximum Gasteiger partial charge on any atom is 0.134 e. The van der Waals surface area contributed by atoms with Gasteiger partial charge in [0.1, 0.15) is 17.1 Å². The topological polar surface area (TPSA) is 45.8 Å². The fourth-order valence-corrected chi connectivity index (χ4v) is 1.80. The molecule has 0 saturated carbocycles. The molecule has 0 fully saturated rings. The minimum atomic E-state index is 0.157. The van der Waals surface area contributed by atoms with Crippen LogP contribution in [0.25, 0.3) is 11.0 Å². The Kier molecular flexibility index (Phi) is 3.66. The van der Waals surface area contributed by atoms with Crippen LogP contribution in [-0.2, 0) is 6.54 Å². The van der Waals surface area contributed by atoms with E-state index in [2.05, 4.69) is 0 Å². The monoisotopic (exact) mass is 235 g/mol. The molecule has 17 heavy (non-hydrogen) atoms. The van der Waals surface area contributed by atoms with Crippen molar-refractivity contribution in [2.75, 3.05) is 27.3 Å². The average Bonchev–Trinajstić information content (AvgIpc) is 2.69. The number of aliphatic hydroxyl groups is 1.